The van der Waals surface area contributed by atoms with Crippen LogP contribution in [0.4, 0.5) is 10.1 Å². The molecule has 3 heterocycles. The molecule has 0 saturated carbocycles. The van der Waals surface area contributed by atoms with Gasteiger partial charge in [0, 0.05) is 18.1 Å². The summed E-state index contributed by atoms with van der Waals surface area (Å²) >= 11 is 0. The first-order valence-electron chi connectivity index (χ1n) is 8.82. The zero-order chi connectivity index (χ0) is 19.1. The third-order valence-corrected chi connectivity index (χ3v) is 4.82. The Balaban J connectivity index is 1.49. The van der Waals surface area contributed by atoms with E-state index in [1.807, 2.05) is 17.0 Å². The van der Waals surface area contributed by atoms with Crippen molar-refractivity contribution in [1.29, 1.82) is 0 Å². The van der Waals surface area contributed by atoms with Crippen LogP contribution in [0.25, 0.3) is 6.08 Å². The number of halogens is 1. The van der Waals surface area contributed by atoms with E-state index < -0.39 is 0 Å². The number of Topliss-reactive ketones (excluding diaryl/α,β-unsaturated/α-hetero) is 1. The van der Waals surface area contributed by atoms with Gasteiger partial charge in [-0.25, -0.2) is 4.39 Å². The maximum Gasteiger partial charge on any atom is 0.231 e. The number of aromatic nitrogens is 1. The van der Waals surface area contributed by atoms with Crippen LogP contribution in [0.3, 0.4) is 0 Å². The van der Waals surface area contributed by atoms with Crippen molar-refractivity contribution in [2.45, 2.75) is 6.54 Å². The predicted molar refractivity (Wildman–Crippen MR) is 102 cm³/mol. The molecule has 0 fully saturated rings. The molecule has 6 heteroatoms. The number of hydrogen-bond acceptors (Lipinski definition) is 5. The van der Waals surface area contributed by atoms with Gasteiger partial charge in [0.25, 0.3) is 0 Å². The quantitative estimate of drug-likeness (QED) is 0.630. The average Bonchev–Trinajstić information content (AvgIpc) is 3.05. The number of rotatable bonds is 2. The molecule has 0 spiro atoms. The molecule has 28 heavy (non-hydrogen) atoms. The highest BCUT2D eigenvalue weighted by atomic mass is 19.1. The number of benzene rings is 2. The number of ketones is 1. The second-order valence-corrected chi connectivity index (χ2v) is 6.59. The number of nitrogens with zero attached hydrogens (tertiary/aromatic N) is 2. The molecule has 0 saturated heterocycles. The summed E-state index contributed by atoms with van der Waals surface area (Å²) in [5.74, 6) is 1.04. The van der Waals surface area contributed by atoms with Gasteiger partial charge in [0.1, 0.15) is 17.3 Å². The highest BCUT2D eigenvalue weighted by Crippen LogP contribution is 2.42. The van der Waals surface area contributed by atoms with Crippen LogP contribution in [0.2, 0.25) is 0 Å². The van der Waals surface area contributed by atoms with E-state index in [9.17, 15) is 9.18 Å². The molecule has 0 amide bonds. The number of carbonyl (C=O) groups is 1. The number of hydrogen-bond donors (Lipinski definition) is 0. The van der Waals surface area contributed by atoms with Crippen LogP contribution >= 0.6 is 0 Å². The van der Waals surface area contributed by atoms with E-state index in [4.69, 9.17) is 9.47 Å². The predicted octanol–water partition coefficient (Wildman–Crippen LogP) is 4.19. The number of fused-ring (bicyclic) bond motifs is 3. The SMILES string of the molecule is O=C1C(=Cc2ccncc2)Oc2c1ccc1c2CN(c2ccc(F)cc2)CO1. The molecule has 0 radical (unpaired) electrons. The first-order chi connectivity index (χ1) is 13.7. The Labute approximate surface area is 160 Å². The Hall–Kier alpha value is -3.67. The summed E-state index contributed by atoms with van der Waals surface area (Å²) in [6, 6.07) is 13.4. The Morgan fingerprint density at radius 2 is 1.82 bits per heavy atom. The van der Waals surface area contributed by atoms with Crippen LogP contribution in [-0.4, -0.2) is 17.5 Å². The van der Waals surface area contributed by atoms with E-state index in [2.05, 4.69) is 4.98 Å². The van der Waals surface area contributed by atoms with Crippen molar-refractivity contribution in [1.82, 2.24) is 4.98 Å². The minimum atomic E-state index is -0.289. The molecule has 0 atom stereocenters. The number of ether oxygens (including phenoxy) is 2. The standard InChI is InChI=1S/C22H15FN2O3/c23-15-1-3-16(4-2-15)25-12-18-19(27-13-25)6-5-17-21(26)20(28-22(17)18)11-14-7-9-24-10-8-14/h1-11H,12-13H2. The summed E-state index contributed by atoms with van der Waals surface area (Å²) < 4.78 is 25.0. The summed E-state index contributed by atoms with van der Waals surface area (Å²) in [6.07, 6.45) is 5.03. The van der Waals surface area contributed by atoms with Gasteiger partial charge in [-0.3, -0.25) is 9.78 Å². The molecular formula is C22H15FN2O3. The highest BCUT2D eigenvalue weighted by molar-refractivity contribution is 6.15. The second-order valence-electron chi connectivity index (χ2n) is 6.59. The maximum absolute atomic E-state index is 13.2. The molecule has 0 bridgehead atoms. The molecule has 2 aliphatic rings. The van der Waals surface area contributed by atoms with E-state index in [0.29, 0.717) is 30.3 Å². The minimum absolute atomic E-state index is 0.159. The molecule has 5 nitrogen and oxygen atoms in total. The molecule has 2 aliphatic heterocycles. The van der Waals surface area contributed by atoms with Gasteiger partial charge in [-0.05, 0) is 60.2 Å². The van der Waals surface area contributed by atoms with Crippen molar-refractivity contribution in [2.24, 2.45) is 0 Å². The van der Waals surface area contributed by atoms with Crippen molar-refractivity contribution in [2.75, 3.05) is 11.6 Å². The fourth-order valence-electron chi connectivity index (χ4n) is 3.39. The zero-order valence-corrected chi connectivity index (χ0v) is 14.8. The van der Waals surface area contributed by atoms with Crippen molar-refractivity contribution in [3.8, 4) is 11.5 Å². The van der Waals surface area contributed by atoms with E-state index in [-0.39, 0.29) is 17.4 Å². The molecule has 0 aliphatic carbocycles. The lowest BCUT2D eigenvalue weighted by Gasteiger charge is -2.31. The highest BCUT2D eigenvalue weighted by Gasteiger charge is 2.33. The van der Waals surface area contributed by atoms with Crippen molar-refractivity contribution >= 4 is 17.5 Å². The van der Waals surface area contributed by atoms with Gasteiger partial charge in [0.05, 0.1) is 17.7 Å². The largest absolute Gasteiger partial charge is 0.473 e. The molecule has 1 aromatic heterocycles. The van der Waals surface area contributed by atoms with E-state index in [1.54, 1.807) is 42.7 Å². The maximum atomic E-state index is 13.2. The molecular weight excluding hydrogens is 359 g/mol. The topological polar surface area (TPSA) is 51.7 Å². The first-order valence-corrected chi connectivity index (χ1v) is 8.82. The average molecular weight is 374 g/mol. The van der Waals surface area contributed by atoms with Crippen molar-refractivity contribution in [3.05, 3.63) is 89.2 Å². The molecule has 0 unspecified atom stereocenters. The number of carbonyl (C=O) groups excluding carboxylic acids is 1. The third-order valence-electron chi connectivity index (χ3n) is 4.82. The van der Waals surface area contributed by atoms with Crippen LogP contribution in [0.1, 0.15) is 21.5 Å². The van der Waals surface area contributed by atoms with Gasteiger partial charge in [-0.2, -0.15) is 0 Å². The molecule has 2 aromatic carbocycles. The van der Waals surface area contributed by atoms with Gasteiger partial charge >= 0.3 is 0 Å². The van der Waals surface area contributed by atoms with Gasteiger partial charge in [-0.15, -0.1) is 0 Å². The third kappa shape index (κ3) is 2.79. The summed E-state index contributed by atoms with van der Waals surface area (Å²) in [6.45, 7) is 0.838. The van der Waals surface area contributed by atoms with Crippen LogP contribution in [0.15, 0.2) is 66.7 Å². The summed E-state index contributed by atoms with van der Waals surface area (Å²) in [4.78, 5) is 18.7. The summed E-state index contributed by atoms with van der Waals surface area (Å²) in [5.41, 5.74) is 2.99. The van der Waals surface area contributed by atoms with Crippen LogP contribution in [-0.2, 0) is 6.54 Å². The number of anilines is 1. The molecule has 5 rings (SSSR count). The van der Waals surface area contributed by atoms with Gasteiger partial charge < -0.3 is 14.4 Å². The Morgan fingerprint density at radius 1 is 1.04 bits per heavy atom. The van der Waals surface area contributed by atoms with Gasteiger partial charge in [0.2, 0.25) is 5.78 Å². The number of pyridine rings is 1. The van der Waals surface area contributed by atoms with Crippen molar-refractivity contribution in [3.63, 3.8) is 0 Å². The van der Waals surface area contributed by atoms with Crippen LogP contribution in [0, 0.1) is 5.82 Å². The summed E-state index contributed by atoms with van der Waals surface area (Å²) in [5, 5.41) is 0. The monoisotopic (exact) mass is 374 g/mol. The van der Waals surface area contributed by atoms with Crippen molar-refractivity contribution < 1.29 is 18.7 Å². The zero-order valence-electron chi connectivity index (χ0n) is 14.8. The van der Waals surface area contributed by atoms with Crippen LogP contribution < -0.4 is 14.4 Å². The lowest BCUT2D eigenvalue weighted by molar-refractivity contribution is 0.101. The molecule has 0 N–H and O–H groups in total. The Kier molecular flexibility index (Phi) is 3.83. The van der Waals surface area contributed by atoms with Gasteiger partial charge in [0.15, 0.2) is 12.5 Å². The molecule has 138 valence electrons. The van der Waals surface area contributed by atoms with E-state index >= 15 is 0 Å². The fourth-order valence-corrected chi connectivity index (χ4v) is 3.39. The Morgan fingerprint density at radius 3 is 2.61 bits per heavy atom. The fraction of sp³-hybridized carbons (Fsp3) is 0.0909. The van der Waals surface area contributed by atoms with E-state index in [0.717, 1.165) is 16.8 Å². The normalized spacial score (nSPS) is 16.4. The minimum Gasteiger partial charge on any atom is -0.473 e. The van der Waals surface area contributed by atoms with Gasteiger partial charge in [-0.1, -0.05) is 0 Å². The smallest absolute Gasteiger partial charge is 0.231 e. The lowest BCUT2D eigenvalue weighted by Crippen LogP contribution is -2.32. The first kappa shape index (κ1) is 16.5. The molecule has 3 aromatic rings. The van der Waals surface area contributed by atoms with Crippen LogP contribution in [0.5, 0.6) is 11.5 Å². The lowest BCUT2D eigenvalue weighted by atomic mass is 10.0. The van der Waals surface area contributed by atoms with E-state index in [1.165, 1.54) is 12.1 Å². The summed E-state index contributed by atoms with van der Waals surface area (Å²) in [7, 11) is 0. The Bertz CT molecular complexity index is 1090. The second kappa shape index (κ2) is 6.49. The number of allylic oxidation sites excluding steroid dienone is 1.